The smallest absolute Gasteiger partial charge is 0.265 e. The van der Waals surface area contributed by atoms with E-state index in [0.717, 1.165) is 0 Å². The summed E-state index contributed by atoms with van der Waals surface area (Å²) in [6, 6.07) is 0. The maximum Gasteiger partial charge on any atom is 0.265 e. The highest BCUT2D eigenvalue weighted by Crippen LogP contribution is 2.14. The molecule has 0 spiro atoms. The van der Waals surface area contributed by atoms with Crippen LogP contribution in [0.3, 0.4) is 0 Å². The molecule has 0 aromatic carbocycles. The predicted octanol–water partition coefficient (Wildman–Crippen LogP) is -0.289. The van der Waals surface area contributed by atoms with Gasteiger partial charge in [0.15, 0.2) is 0 Å². The Morgan fingerprint density at radius 1 is 1.38 bits per heavy atom. The van der Waals surface area contributed by atoms with Crippen LogP contribution in [0, 0.1) is 0 Å². The second-order valence-corrected chi connectivity index (χ2v) is 5.65. The monoisotopic (exact) mass is 259 g/mol. The number of aliphatic hydroxyl groups is 1. The second kappa shape index (κ2) is 5.85. The van der Waals surface area contributed by atoms with Crippen molar-refractivity contribution in [1.82, 2.24) is 4.72 Å². The van der Waals surface area contributed by atoms with E-state index in [1.165, 1.54) is 0 Å². The summed E-state index contributed by atoms with van der Waals surface area (Å²) in [7, 11) is -3.64. The third kappa shape index (κ3) is 3.93. The van der Waals surface area contributed by atoms with E-state index in [1.54, 1.807) is 0 Å². The molecule has 0 radical (unpaired) electrons. The lowest BCUT2D eigenvalue weighted by Gasteiger charge is -2.23. The molecule has 1 heterocycles. The summed E-state index contributed by atoms with van der Waals surface area (Å²) in [5, 5.41) is 8.17. The van der Waals surface area contributed by atoms with Crippen molar-refractivity contribution in [3.63, 3.8) is 0 Å². The highest BCUT2D eigenvalue weighted by molar-refractivity contribution is 7.90. The first kappa shape index (κ1) is 13.8. The summed E-state index contributed by atoms with van der Waals surface area (Å²) in [6.07, 6.45) is -4.22. The Morgan fingerprint density at radius 2 is 1.94 bits per heavy atom. The highest BCUT2D eigenvalue weighted by atomic mass is 32.2. The Labute approximate surface area is 92.8 Å². The summed E-state index contributed by atoms with van der Waals surface area (Å²) in [5.74, 6) is 0. The lowest BCUT2D eigenvalue weighted by atomic mass is 10.2. The van der Waals surface area contributed by atoms with Crippen LogP contribution in [0.15, 0.2) is 0 Å². The fourth-order valence-corrected chi connectivity index (χ4v) is 2.85. The van der Waals surface area contributed by atoms with E-state index in [-0.39, 0.29) is 0 Å². The topological polar surface area (TPSA) is 75.6 Å². The van der Waals surface area contributed by atoms with Crippen LogP contribution in [0.4, 0.5) is 8.78 Å². The van der Waals surface area contributed by atoms with E-state index in [2.05, 4.69) is 0 Å². The third-order valence-corrected chi connectivity index (χ3v) is 4.31. The molecule has 1 aliphatic rings. The Morgan fingerprint density at radius 3 is 2.44 bits per heavy atom. The number of sulfonamides is 1. The number of nitrogens with one attached hydrogen (secondary N) is 1. The molecule has 0 bridgehead atoms. The minimum absolute atomic E-state index is 0.347. The van der Waals surface area contributed by atoms with Gasteiger partial charge in [-0.3, -0.25) is 0 Å². The van der Waals surface area contributed by atoms with Crippen LogP contribution in [-0.4, -0.2) is 51.1 Å². The summed E-state index contributed by atoms with van der Waals surface area (Å²) >= 11 is 0. The average Bonchev–Trinajstić information content (AvgIpc) is 2.27. The molecule has 0 aromatic heterocycles. The van der Waals surface area contributed by atoms with Crippen LogP contribution in [0.25, 0.3) is 0 Å². The summed E-state index contributed by atoms with van der Waals surface area (Å²) < 4.78 is 54.1. The maximum absolute atomic E-state index is 11.9. The first-order valence-electron chi connectivity index (χ1n) is 4.96. The van der Waals surface area contributed by atoms with Gasteiger partial charge in [-0.2, -0.15) is 0 Å². The lowest BCUT2D eigenvalue weighted by Crippen LogP contribution is -2.42. The van der Waals surface area contributed by atoms with Gasteiger partial charge in [0, 0.05) is 19.8 Å². The van der Waals surface area contributed by atoms with Crippen molar-refractivity contribution in [2.45, 2.75) is 30.6 Å². The minimum atomic E-state index is -3.64. The van der Waals surface area contributed by atoms with Crippen molar-refractivity contribution in [2.24, 2.45) is 0 Å². The zero-order chi connectivity index (χ0) is 12.2. The molecule has 16 heavy (non-hydrogen) atoms. The molecular formula is C8H15F2NO4S. The standard InChI is InChI=1S/C8H15F2NO4S/c9-8(10)7(12)5-11-16(13,14)6-1-3-15-4-2-6/h6-8,11-12H,1-5H2. The third-order valence-electron chi connectivity index (χ3n) is 2.39. The molecule has 1 rings (SSSR count). The fraction of sp³-hybridized carbons (Fsp3) is 1.00. The van der Waals surface area contributed by atoms with E-state index >= 15 is 0 Å². The van der Waals surface area contributed by atoms with Gasteiger partial charge >= 0.3 is 0 Å². The highest BCUT2D eigenvalue weighted by Gasteiger charge is 2.29. The first-order valence-corrected chi connectivity index (χ1v) is 6.50. The summed E-state index contributed by atoms with van der Waals surface area (Å²) in [6.45, 7) is 0.0450. The van der Waals surface area contributed by atoms with Gasteiger partial charge in [0.25, 0.3) is 6.43 Å². The Bertz CT molecular complexity index is 303. The van der Waals surface area contributed by atoms with Gasteiger partial charge in [0.05, 0.1) is 5.25 Å². The van der Waals surface area contributed by atoms with Gasteiger partial charge in [0.2, 0.25) is 10.0 Å². The van der Waals surface area contributed by atoms with Crippen molar-refractivity contribution in [1.29, 1.82) is 0 Å². The minimum Gasteiger partial charge on any atom is -0.386 e. The van der Waals surface area contributed by atoms with E-state index in [1.807, 2.05) is 4.72 Å². The van der Waals surface area contributed by atoms with E-state index in [9.17, 15) is 17.2 Å². The molecule has 5 nitrogen and oxygen atoms in total. The lowest BCUT2D eigenvalue weighted by molar-refractivity contribution is -0.000544. The van der Waals surface area contributed by atoms with E-state index in [0.29, 0.717) is 26.1 Å². The van der Waals surface area contributed by atoms with Gasteiger partial charge in [0.1, 0.15) is 6.10 Å². The number of hydrogen-bond donors (Lipinski definition) is 2. The van der Waals surface area contributed by atoms with Gasteiger partial charge in [-0.05, 0) is 12.8 Å². The molecule has 8 heteroatoms. The fourth-order valence-electron chi connectivity index (χ4n) is 1.39. The van der Waals surface area contributed by atoms with Crippen LogP contribution in [0.5, 0.6) is 0 Å². The van der Waals surface area contributed by atoms with Crippen LogP contribution in [0.2, 0.25) is 0 Å². The molecule has 0 aliphatic carbocycles. The molecule has 1 fully saturated rings. The Balaban J connectivity index is 2.44. The van der Waals surface area contributed by atoms with E-state index in [4.69, 9.17) is 9.84 Å². The second-order valence-electron chi connectivity index (χ2n) is 3.61. The van der Waals surface area contributed by atoms with Crippen molar-refractivity contribution >= 4 is 10.0 Å². The molecule has 1 aliphatic heterocycles. The number of alkyl halides is 2. The average molecular weight is 259 g/mol. The zero-order valence-electron chi connectivity index (χ0n) is 8.60. The molecule has 96 valence electrons. The van der Waals surface area contributed by atoms with Crippen LogP contribution in [0.1, 0.15) is 12.8 Å². The molecule has 1 atom stereocenters. The predicted molar refractivity (Wildman–Crippen MR) is 52.8 cm³/mol. The molecule has 0 aromatic rings. The first-order chi connectivity index (χ1) is 7.43. The maximum atomic E-state index is 11.9. The number of ether oxygens (including phenoxy) is 1. The van der Waals surface area contributed by atoms with Crippen molar-refractivity contribution < 1.29 is 27.0 Å². The normalized spacial score (nSPS) is 21.2. The number of halogens is 2. The number of rotatable bonds is 5. The summed E-state index contributed by atoms with van der Waals surface area (Å²) in [5.41, 5.74) is 0. The number of hydrogen-bond acceptors (Lipinski definition) is 4. The van der Waals surface area contributed by atoms with Gasteiger partial charge in [-0.15, -0.1) is 0 Å². The number of aliphatic hydroxyl groups excluding tert-OH is 1. The quantitative estimate of drug-likeness (QED) is 0.711. The van der Waals surface area contributed by atoms with Crippen LogP contribution < -0.4 is 4.72 Å². The molecule has 1 unspecified atom stereocenters. The molecular weight excluding hydrogens is 244 g/mol. The molecule has 2 N–H and O–H groups in total. The Hall–Kier alpha value is -0.310. The Kier molecular flexibility index (Phi) is 5.03. The van der Waals surface area contributed by atoms with Gasteiger partial charge in [-0.25, -0.2) is 21.9 Å². The van der Waals surface area contributed by atoms with Crippen molar-refractivity contribution in [2.75, 3.05) is 19.8 Å². The summed E-state index contributed by atoms with van der Waals surface area (Å²) in [4.78, 5) is 0. The van der Waals surface area contributed by atoms with Crippen LogP contribution in [-0.2, 0) is 14.8 Å². The molecule has 1 saturated heterocycles. The van der Waals surface area contributed by atoms with Gasteiger partial charge < -0.3 is 9.84 Å². The molecule has 0 saturated carbocycles. The van der Waals surface area contributed by atoms with Crippen molar-refractivity contribution in [3.8, 4) is 0 Å². The van der Waals surface area contributed by atoms with E-state index < -0.39 is 34.3 Å². The zero-order valence-corrected chi connectivity index (χ0v) is 9.42. The van der Waals surface area contributed by atoms with Gasteiger partial charge in [-0.1, -0.05) is 0 Å². The van der Waals surface area contributed by atoms with Crippen LogP contribution >= 0.6 is 0 Å². The SMILES string of the molecule is O=S(=O)(NCC(O)C(F)F)C1CCOCC1. The molecule has 0 amide bonds. The largest absolute Gasteiger partial charge is 0.386 e. The van der Waals surface area contributed by atoms with Crippen molar-refractivity contribution in [3.05, 3.63) is 0 Å².